The summed E-state index contributed by atoms with van der Waals surface area (Å²) in [7, 11) is 0. The lowest BCUT2D eigenvalue weighted by Crippen LogP contribution is -2.50. The van der Waals surface area contributed by atoms with Crippen LogP contribution in [0.1, 0.15) is 44.7 Å². The van der Waals surface area contributed by atoms with Crippen LogP contribution >= 0.6 is 24.8 Å². The van der Waals surface area contributed by atoms with Gasteiger partial charge in [0.25, 0.3) is 0 Å². The van der Waals surface area contributed by atoms with Gasteiger partial charge in [-0.25, -0.2) is 0 Å². The van der Waals surface area contributed by atoms with Crippen LogP contribution in [0.5, 0.6) is 0 Å². The average molecular weight is 452 g/mol. The van der Waals surface area contributed by atoms with E-state index in [1.165, 1.54) is 11.3 Å². The Morgan fingerprint density at radius 2 is 1.60 bits per heavy atom. The molecule has 1 fully saturated rings. The van der Waals surface area contributed by atoms with Crippen LogP contribution in [0.2, 0.25) is 0 Å². The number of hydrogen-bond acceptors (Lipinski definition) is 3. The molecule has 0 bridgehead atoms. The van der Waals surface area contributed by atoms with Crippen molar-refractivity contribution in [2.45, 2.75) is 57.5 Å². The van der Waals surface area contributed by atoms with Crippen molar-refractivity contribution in [2.75, 3.05) is 18.0 Å². The van der Waals surface area contributed by atoms with Crippen LogP contribution in [0, 0.1) is 0 Å². The van der Waals surface area contributed by atoms with Crippen molar-refractivity contribution in [3.63, 3.8) is 0 Å². The maximum Gasteiger partial charge on any atom is 0.237 e. The Bertz CT molecular complexity index is 767. The first kappa shape index (κ1) is 26.3. The molecule has 0 aromatic heterocycles. The van der Waals surface area contributed by atoms with E-state index in [2.05, 4.69) is 55.3 Å². The summed E-state index contributed by atoms with van der Waals surface area (Å²) in [5.41, 5.74) is 10.00. The molecule has 3 rings (SSSR count). The molecule has 2 aromatic carbocycles. The smallest absolute Gasteiger partial charge is 0.237 e. The van der Waals surface area contributed by atoms with E-state index in [0.717, 1.165) is 31.5 Å². The minimum Gasteiger partial charge on any atom is -0.371 e. The number of piperidine rings is 1. The number of nitrogens with two attached hydrogens (primary N) is 1. The molecule has 0 radical (unpaired) electrons. The zero-order valence-corrected chi connectivity index (χ0v) is 19.8. The maximum absolute atomic E-state index is 12.4. The molecule has 1 unspecified atom stereocenters. The van der Waals surface area contributed by atoms with Gasteiger partial charge in [0.05, 0.1) is 6.04 Å². The van der Waals surface area contributed by atoms with Crippen LogP contribution in [-0.2, 0) is 16.6 Å². The predicted molar refractivity (Wildman–Crippen MR) is 131 cm³/mol. The summed E-state index contributed by atoms with van der Waals surface area (Å²) in [6.45, 7) is 8.61. The molecule has 30 heavy (non-hydrogen) atoms. The molecule has 166 valence electrons. The fourth-order valence-corrected chi connectivity index (χ4v) is 3.72. The van der Waals surface area contributed by atoms with E-state index in [4.69, 9.17) is 5.73 Å². The lowest BCUT2D eigenvalue weighted by Gasteiger charge is -2.34. The van der Waals surface area contributed by atoms with Gasteiger partial charge in [-0.2, -0.15) is 0 Å². The number of rotatable bonds is 5. The number of nitrogens with zero attached hydrogens (tertiary/aromatic N) is 1. The first-order chi connectivity index (χ1) is 13.3. The zero-order valence-electron chi connectivity index (χ0n) is 18.1. The maximum atomic E-state index is 12.4. The monoisotopic (exact) mass is 451 g/mol. The first-order valence-corrected chi connectivity index (χ1v) is 10.3. The third-order valence-electron chi connectivity index (χ3n) is 5.58. The molecule has 2 aromatic rings. The van der Waals surface area contributed by atoms with Gasteiger partial charge in [-0.15, -0.1) is 24.8 Å². The Kier molecular flexibility index (Phi) is 10.2. The molecule has 1 aliphatic heterocycles. The van der Waals surface area contributed by atoms with Crippen molar-refractivity contribution in [1.29, 1.82) is 0 Å². The predicted octanol–water partition coefficient (Wildman–Crippen LogP) is 4.48. The van der Waals surface area contributed by atoms with E-state index in [0.29, 0.717) is 6.42 Å². The van der Waals surface area contributed by atoms with Gasteiger partial charge in [0.2, 0.25) is 5.91 Å². The number of carbonyl (C=O) groups is 1. The summed E-state index contributed by atoms with van der Waals surface area (Å²) < 4.78 is 0. The molecule has 1 amide bonds. The molecule has 0 saturated carbocycles. The highest BCUT2D eigenvalue weighted by Crippen LogP contribution is 2.26. The summed E-state index contributed by atoms with van der Waals surface area (Å²) in [5, 5.41) is 3.15. The van der Waals surface area contributed by atoms with E-state index in [9.17, 15) is 4.79 Å². The molecule has 3 N–H and O–H groups in total. The van der Waals surface area contributed by atoms with Crippen LogP contribution in [0.15, 0.2) is 54.6 Å². The van der Waals surface area contributed by atoms with Gasteiger partial charge < -0.3 is 16.0 Å². The fourth-order valence-electron chi connectivity index (χ4n) is 3.72. The van der Waals surface area contributed by atoms with Crippen LogP contribution in [0.25, 0.3) is 0 Å². The second kappa shape index (κ2) is 11.6. The van der Waals surface area contributed by atoms with Crippen molar-refractivity contribution in [2.24, 2.45) is 5.73 Å². The topological polar surface area (TPSA) is 58.4 Å². The van der Waals surface area contributed by atoms with Gasteiger partial charge in [-0.1, -0.05) is 63.2 Å². The molecule has 4 nitrogen and oxygen atoms in total. The minimum absolute atomic E-state index is 0. The second-order valence-corrected chi connectivity index (χ2v) is 8.86. The number of amides is 1. The molecular formula is C24H35Cl2N3O. The summed E-state index contributed by atoms with van der Waals surface area (Å²) in [6.07, 6.45) is 2.47. The molecule has 0 aliphatic carbocycles. The number of hydrogen-bond donors (Lipinski definition) is 2. The van der Waals surface area contributed by atoms with Crippen molar-refractivity contribution >= 4 is 36.4 Å². The van der Waals surface area contributed by atoms with Crippen LogP contribution in [0.4, 0.5) is 5.69 Å². The summed E-state index contributed by atoms with van der Waals surface area (Å²) in [4.78, 5) is 14.9. The van der Waals surface area contributed by atoms with Gasteiger partial charge in [0.1, 0.15) is 0 Å². The van der Waals surface area contributed by atoms with Gasteiger partial charge in [0, 0.05) is 24.8 Å². The summed E-state index contributed by atoms with van der Waals surface area (Å²) >= 11 is 0. The zero-order chi connectivity index (χ0) is 20.1. The van der Waals surface area contributed by atoms with E-state index in [1.54, 1.807) is 0 Å². The van der Waals surface area contributed by atoms with E-state index in [-0.39, 0.29) is 42.2 Å². The number of nitrogens with one attached hydrogen (secondary N) is 1. The van der Waals surface area contributed by atoms with E-state index in [1.807, 2.05) is 30.3 Å². The Morgan fingerprint density at radius 3 is 2.13 bits per heavy atom. The Labute approximate surface area is 193 Å². The van der Waals surface area contributed by atoms with Crippen LogP contribution in [0.3, 0.4) is 0 Å². The summed E-state index contributed by atoms with van der Waals surface area (Å²) in [6, 6.07) is 18.5. The number of halogens is 2. The SMILES string of the molecule is CC(C)(C)c1ccc(N2CCC(NC(=O)C(N)Cc3ccccc3)CC2)cc1.Cl.Cl. The minimum atomic E-state index is -0.495. The number of benzene rings is 2. The van der Waals surface area contributed by atoms with Crippen molar-refractivity contribution in [1.82, 2.24) is 5.32 Å². The highest BCUT2D eigenvalue weighted by molar-refractivity contribution is 5.85. The van der Waals surface area contributed by atoms with Gasteiger partial charge >= 0.3 is 0 Å². The lowest BCUT2D eigenvalue weighted by atomic mass is 9.87. The highest BCUT2D eigenvalue weighted by atomic mass is 35.5. The first-order valence-electron chi connectivity index (χ1n) is 10.3. The quantitative estimate of drug-likeness (QED) is 0.703. The summed E-state index contributed by atoms with van der Waals surface area (Å²) in [5.74, 6) is -0.0446. The van der Waals surface area contributed by atoms with Crippen LogP contribution < -0.4 is 16.0 Å². The molecule has 1 aliphatic rings. The van der Waals surface area contributed by atoms with Gasteiger partial charge in [-0.05, 0) is 47.9 Å². The largest absolute Gasteiger partial charge is 0.371 e. The third-order valence-corrected chi connectivity index (χ3v) is 5.58. The normalized spacial score (nSPS) is 15.5. The third kappa shape index (κ3) is 7.19. The molecule has 0 spiro atoms. The lowest BCUT2D eigenvalue weighted by molar-refractivity contribution is -0.123. The number of anilines is 1. The molecule has 1 saturated heterocycles. The Hall–Kier alpha value is -1.75. The molecule has 1 atom stereocenters. The molecule has 1 heterocycles. The van der Waals surface area contributed by atoms with E-state index >= 15 is 0 Å². The van der Waals surface area contributed by atoms with Crippen LogP contribution in [-0.4, -0.2) is 31.1 Å². The highest BCUT2D eigenvalue weighted by Gasteiger charge is 2.23. The fraction of sp³-hybridized carbons (Fsp3) is 0.458. The second-order valence-electron chi connectivity index (χ2n) is 8.86. The Morgan fingerprint density at radius 1 is 1.03 bits per heavy atom. The van der Waals surface area contributed by atoms with Crippen molar-refractivity contribution < 1.29 is 4.79 Å². The van der Waals surface area contributed by atoms with Gasteiger partial charge in [0.15, 0.2) is 0 Å². The van der Waals surface area contributed by atoms with Crippen molar-refractivity contribution in [3.05, 3.63) is 65.7 Å². The Balaban J connectivity index is 0.00000225. The average Bonchev–Trinajstić information content (AvgIpc) is 2.69. The van der Waals surface area contributed by atoms with Crippen molar-refractivity contribution in [3.8, 4) is 0 Å². The standard InChI is InChI=1S/C24H33N3O.2ClH/c1-24(2,3)19-9-11-21(12-10-19)27-15-13-20(14-16-27)26-23(28)22(25)17-18-7-5-4-6-8-18;;/h4-12,20,22H,13-17,25H2,1-3H3,(H,26,28);2*1H. The molecular weight excluding hydrogens is 417 g/mol. The number of carbonyl (C=O) groups excluding carboxylic acids is 1. The van der Waals surface area contributed by atoms with Gasteiger partial charge in [-0.3, -0.25) is 4.79 Å². The molecule has 6 heteroatoms. The van der Waals surface area contributed by atoms with E-state index < -0.39 is 6.04 Å².